The number of aromatic nitrogens is 2. The van der Waals surface area contributed by atoms with Gasteiger partial charge in [0.05, 0.1) is 12.7 Å². The summed E-state index contributed by atoms with van der Waals surface area (Å²) in [6.07, 6.45) is -7.62. The standard InChI is InChI=1S/C19H19F3N2O6/c1-2-29-13-8-15(30-14(13)10-25)23-9-12(19(20,21)22)17(27)24(18(23)28)16(26)11-6-4-3-5-7-11/h3-7,9,13-15,25H,2,8,10H2,1H3/t13?,14-,15-/m0/s1. The maximum Gasteiger partial charge on any atom is 0.423 e. The van der Waals surface area contributed by atoms with Gasteiger partial charge in [0, 0.05) is 24.8 Å². The lowest BCUT2D eigenvalue weighted by Crippen LogP contribution is -2.47. The molecule has 1 aliphatic rings. The van der Waals surface area contributed by atoms with Crippen LogP contribution < -0.4 is 11.2 Å². The van der Waals surface area contributed by atoms with E-state index in [1.54, 1.807) is 13.0 Å². The summed E-state index contributed by atoms with van der Waals surface area (Å²) in [5.41, 5.74) is -4.86. The molecular formula is C19H19F3N2O6. The molecule has 1 aromatic heterocycles. The third kappa shape index (κ3) is 4.09. The molecule has 3 rings (SSSR count). The third-order valence-corrected chi connectivity index (χ3v) is 4.69. The Labute approximate surface area is 168 Å². The van der Waals surface area contributed by atoms with Crippen molar-refractivity contribution in [3.05, 3.63) is 68.5 Å². The average molecular weight is 428 g/mol. The zero-order valence-corrected chi connectivity index (χ0v) is 15.8. The van der Waals surface area contributed by atoms with Crippen molar-refractivity contribution in [2.75, 3.05) is 13.2 Å². The van der Waals surface area contributed by atoms with Crippen LogP contribution in [0.25, 0.3) is 0 Å². The molecule has 2 aromatic rings. The minimum absolute atomic E-state index is 0.0476. The number of alkyl halides is 3. The highest BCUT2D eigenvalue weighted by Crippen LogP contribution is 2.31. The Kier molecular flexibility index (Phi) is 6.25. The Morgan fingerprint density at radius 3 is 2.50 bits per heavy atom. The van der Waals surface area contributed by atoms with Gasteiger partial charge in [-0.2, -0.15) is 17.7 Å². The first-order valence-electron chi connectivity index (χ1n) is 9.12. The van der Waals surface area contributed by atoms with Crippen LogP contribution in [0.3, 0.4) is 0 Å². The lowest BCUT2D eigenvalue weighted by molar-refractivity contribution is -0.139. The SMILES string of the molecule is CCOC1C[C@@H](n2cc(C(F)(F)F)c(=O)n(C(=O)c3ccccc3)c2=O)O[C@H]1CO. The number of rotatable bonds is 5. The van der Waals surface area contributed by atoms with Crippen molar-refractivity contribution in [3.8, 4) is 0 Å². The number of benzene rings is 1. The van der Waals surface area contributed by atoms with E-state index < -0.39 is 53.9 Å². The van der Waals surface area contributed by atoms with E-state index in [-0.39, 0.29) is 23.2 Å². The average Bonchev–Trinajstić information content (AvgIpc) is 3.10. The number of hydrogen-bond acceptors (Lipinski definition) is 6. The van der Waals surface area contributed by atoms with Gasteiger partial charge in [0.2, 0.25) is 0 Å². The van der Waals surface area contributed by atoms with Crippen molar-refractivity contribution in [1.29, 1.82) is 0 Å². The van der Waals surface area contributed by atoms with Crippen molar-refractivity contribution in [1.82, 2.24) is 9.13 Å². The Bertz CT molecular complexity index is 1030. The highest BCUT2D eigenvalue weighted by molar-refractivity contribution is 5.95. The van der Waals surface area contributed by atoms with Crippen molar-refractivity contribution >= 4 is 5.91 Å². The summed E-state index contributed by atoms with van der Waals surface area (Å²) in [6, 6.07) is 7.01. The van der Waals surface area contributed by atoms with Gasteiger partial charge in [0.25, 0.3) is 11.5 Å². The first kappa shape index (κ1) is 21.9. The number of carbonyl (C=O) groups is 1. The molecule has 8 nitrogen and oxygen atoms in total. The highest BCUT2D eigenvalue weighted by Gasteiger charge is 2.41. The fraction of sp³-hybridized carbons (Fsp3) is 0.421. The number of carbonyl (C=O) groups excluding carboxylic acids is 1. The molecule has 0 saturated carbocycles. The molecule has 1 aliphatic heterocycles. The zero-order valence-electron chi connectivity index (χ0n) is 15.8. The summed E-state index contributed by atoms with van der Waals surface area (Å²) in [7, 11) is 0. The summed E-state index contributed by atoms with van der Waals surface area (Å²) in [4.78, 5) is 38.0. The van der Waals surface area contributed by atoms with Crippen LogP contribution in [-0.4, -0.2) is 45.6 Å². The number of hydrogen-bond donors (Lipinski definition) is 1. The van der Waals surface area contributed by atoms with Gasteiger partial charge < -0.3 is 14.6 Å². The summed E-state index contributed by atoms with van der Waals surface area (Å²) in [5, 5.41) is 9.43. The van der Waals surface area contributed by atoms with E-state index in [2.05, 4.69) is 0 Å². The maximum absolute atomic E-state index is 13.5. The summed E-state index contributed by atoms with van der Waals surface area (Å²) < 4.78 is 51.9. The molecule has 0 amide bonds. The molecule has 1 unspecified atom stereocenters. The quantitative estimate of drug-likeness (QED) is 0.773. The monoisotopic (exact) mass is 428 g/mol. The van der Waals surface area contributed by atoms with Crippen LogP contribution in [0.4, 0.5) is 13.2 Å². The second-order valence-electron chi connectivity index (χ2n) is 6.58. The second kappa shape index (κ2) is 8.54. The minimum Gasteiger partial charge on any atom is -0.394 e. The Balaban J connectivity index is 2.17. The number of nitrogens with zero attached hydrogens (tertiary/aromatic N) is 2. The van der Waals surface area contributed by atoms with E-state index >= 15 is 0 Å². The summed E-state index contributed by atoms with van der Waals surface area (Å²) in [6.45, 7) is 1.46. The molecule has 30 heavy (non-hydrogen) atoms. The Morgan fingerprint density at radius 2 is 1.93 bits per heavy atom. The molecule has 1 fully saturated rings. The molecule has 0 radical (unpaired) electrons. The van der Waals surface area contributed by atoms with Crippen molar-refractivity contribution in [2.45, 2.75) is 38.0 Å². The molecule has 2 heterocycles. The first-order valence-corrected chi connectivity index (χ1v) is 9.12. The highest BCUT2D eigenvalue weighted by atomic mass is 19.4. The van der Waals surface area contributed by atoms with Gasteiger partial charge in [-0.1, -0.05) is 18.2 Å². The first-order chi connectivity index (χ1) is 14.2. The predicted octanol–water partition coefficient (Wildman–Crippen LogP) is 1.40. The van der Waals surface area contributed by atoms with Crippen LogP contribution in [0.2, 0.25) is 0 Å². The van der Waals surface area contributed by atoms with Gasteiger partial charge in [-0.05, 0) is 19.1 Å². The van der Waals surface area contributed by atoms with Gasteiger partial charge in [-0.15, -0.1) is 0 Å². The smallest absolute Gasteiger partial charge is 0.394 e. The molecule has 1 saturated heterocycles. The van der Waals surface area contributed by atoms with Gasteiger partial charge in [0.15, 0.2) is 0 Å². The third-order valence-electron chi connectivity index (χ3n) is 4.69. The zero-order chi connectivity index (χ0) is 22.1. The van der Waals surface area contributed by atoms with E-state index in [0.29, 0.717) is 10.8 Å². The van der Waals surface area contributed by atoms with Gasteiger partial charge in [-0.3, -0.25) is 14.2 Å². The topological polar surface area (TPSA) is 99.8 Å². The number of halogens is 3. The molecule has 0 spiro atoms. The molecular weight excluding hydrogens is 409 g/mol. The lowest BCUT2D eigenvalue weighted by atomic mass is 10.2. The Hall–Kier alpha value is -2.76. The number of aliphatic hydroxyl groups is 1. The molecule has 3 atom stereocenters. The van der Waals surface area contributed by atoms with Crippen molar-refractivity contribution in [2.24, 2.45) is 0 Å². The number of aliphatic hydroxyl groups excluding tert-OH is 1. The summed E-state index contributed by atoms with van der Waals surface area (Å²) in [5.74, 6) is -1.19. The van der Waals surface area contributed by atoms with E-state index in [0.717, 1.165) is 0 Å². The van der Waals surface area contributed by atoms with Gasteiger partial charge in [-0.25, -0.2) is 4.79 Å². The Morgan fingerprint density at radius 1 is 1.27 bits per heavy atom. The predicted molar refractivity (Wildman–Crippen MR) is 97.2 cm³/mol. The molecule has 1 N–H and O–H groups in total. The van der Waals surface area contributed by atoms with Crippen LogP contribution in [0.1, 0.15) is 35.5 Å². The minimum atomic E-state index is -5.11. The van der Waals surface area contributed by atoms with Crippen LogP contribution >= 0.6 is 0 Å². The number of ether oxygens (including phenoxy) is 2. The van der Waals surface area contributed by atoms with E-state index in [4.69, 9.17) is 9.47 Å². The van der Waals surface area contributed by atoms with E-state index in [9.17, 15) is 32.7 Å². The maximum atomic E-state index is 13.5. The lowest BCUT2D eigenvalue weighted by Gasteiger charge is -2.18. The van der Waals surface area contributed by atoms with Crippen molar-refractivity contribution in [3.63, 3.8) is 0 Å². The normalized spacial score (nSPS) is 21.7. The van der Waals surface area contributed by atoms with E-state index in [1.807, 2.05) is 0 Å². The van der Waals surface area contributed by atoms with Crippen LogP contribution in [-0.2, 0) is 15.7 Å². The summed E-state index contributed by atoms with van der Waals surface area (Å²) >= 11 is 0. The van der Waals surface area contributed by atoms with Crippen LogP contribution in [0, 0.1) is 0 Å². The molecule has 0 bridgehead atoms. The molecule has 11 heteroatoms. The van der Waals surface area contributed by atoms with Gasteiger partial charge in [0.1, 0.15) is 17.9 Å². The second-order valence-corrected chi connectivity index (χ2v) is 6.58. The van der Waals surface area contributed by atoms with Crippen LogP contribution in [0.5, 0.6) is 0 Å². The fourth-order valence-electron chi connectivity index (χ4n) is 3.29. The molecule has 0 aliphatic carbocycles. The van der Waals surface area contributed by atoms with E-state index in [1.165, 1.54) is 24.3 Å². The largest absolute Gasteiger partial charge is 0.423 e. The molecule has 1 aromatic carbocycles. The molecule has 162 valence electrons. The fourth-order valence-corrected chi connectivity index (χ4v) is 3.29. The van der Waals surface area contributed by atoms with Gasteiger partial charge >= 0.3 is 11.9 Å². The van der Waals surface area contributed by atoms with Crippen molar-refractivity contribution < 1.29 is 32.5 Å². The van der Waals surface area contributed by atoms with Crippen LogP contribution in [0.15, 0.2) is 46.1 Å².